The van der Waals surface area contributed by atoms with E-state index in [9.17, 15) is 13.2 Å². The minimum absolute atomic E-state index is 0.0409. The quantitative estimate of drug-likeness (QED) is 0.131. The maximum absolute atomic E-state index is 14.6. The largest absolute Gasteiger partial charge is 0.446 e. The van der Waals surface area contributed by atoms with Crippen LogP contribution in [-0.4, -0.2) is 12.2 Å². The van der Waals surface area contributed by atoms with Gasteiger partial charge in [-0.15, -0.1) is 0 Å². The van der Waals surface area contributed by atoms with E-state index in [-0.39, 0.29) is 34.2 Å². The standard InChI is InChI=1S/C49H44BF3N2S/c1-29-15-17-31-19-21-40-45(38(31)23-29)54(35-13-9-11-33(25-35)47(3,4)5)42-27-37(56-49(51,52)53)28-43-44(42)50(40)41-22-20-32-18-16-30(2)24-39(32)46(41)55(43)36-14-10-12-34(26-36)48(6,7)8/h9-28H,1-8H3. The Hall–Kier alpha value is -5.14. The van der Waals surface area contributed by atoms with Gasteiger partial charge in [-0.1, -0.05) is 125 Å². The van der Waals surface area contributed by atoms with Crippen LogP contribution < -0.4 is 26.2 Å². The summed E-state index contributed by atoms with van der Waals surface area (Å²) in [7, 11) is 0. The lowest BCUT2D eigenvalue weighted by Crippen LogP contribution is -2.61. The molecule has 0 unspecified atom stereocenters. The summed E-state index contributed by atoms with van der Waals surface area (Å²) in [5.74, 6) is 0. The van der Waals surface area contributed by atoms with Crippen LogP contribution in [0.4, 0.5) is 47.3 Å². The Morgan fingerprint density at radius 1 is 0.518 bits per heavy atom. The number of nitrogens with zero attached hydrogens (tertiary/aromatic N) is 2. The number of fused-ring (bicyclic) bond motifs is 8. The lowest BCUT2D eigenvalue weighted by Gasteiger charge is -2.45. The molecule has 7 heteroatoms. The molecule has 56 heavy (non-hydrogen) atoms. The Morgan fingerprint density at radius 2 is 0.946 bits per heavy atom. The van der Waals surface area contributed by atoms with Gasteiger partial charge in [0.2, 0.25) is 0 Å². The lowest BCUT2D eigenvalue weighted by atomic mass is 9.33. The Balaban J connectivity index is 1.47. The molecular weight excluding hydrogens is 716 g/mol. The Morgan fingerprint density at radius 3 is 1.36 bits per heavy atom. The van der Waals surface area contributed by atoms with Gasteiger partial charge in [-0.3, -0.25) is 0 Å². The molecule has 0 radical (unpaired) electrons. The zero-order chi connectivity index (χ0) is 39.5. The van der Waals surface area contributed by atoms with Crippen LogP contribution in [0.25, 0.3) is 21.5 Å². The van der Waals surface area contributed by atoms with E-state index in [1.165, 1.54) is 0 Å². The van der Waals surface area contributed by atoms with Crippen LogP contribution in [-0.2, 0) is 10.8 Å². The fourth-order valence-corrected chi connectivity index (χ4v) is 9.38. The minimum atomic E-state index is -4.49. The van der Waals surface area contributed by atoms with Crippen molar-refractivity contribution in [3.05, 3.63) is 144 Å². The molecule has 0 spiro atoms. The van der Waals surface area contributed by atoms with Gasteiger partial charge in [0.05, 0.1) is 0 Å². The summed E-state index contributed by atoms with van der Waals surface area (Å²) < 4.78 is 43.9. The zero-order valence-corrected chi connectivity index (χ0v) is 33.9. The molecule has 2 heterocycles. The second-order valence-electron chi connectivity index (χ2n) is 17.6. The van der Waals surface area contributed by atoms with Crippen molar-refractivity contribution in [2.75, 3.05) is 9.80 Å². The van der Waals surface area contributed by atoms with Gasteiger partial charge in [-0.05, 0) is 123 Å². The van der Waals surface area contributed by atoms with Crippen molar-refractivity contribution in [3.63, 3.8) is 0 Å². The number of anilines is 6. The summed E-state index contributed by atoms with van der Waals surface area (Å²) in [5, 5.41) is 4.31. The normalized spacial score (nSPS) is 13.9. The minimum Gasteiger partial charge on any atom is -0.311 e. The number of benzene rings is 7. The number of hydrogen-bond donors (Lipinski definition) is 0. The predicted molar refractivity (Wildman–Crippen MR) is 234 cm³/mol. The summed E-state index contributed by atoms with van der Waals surface area (Å²) in [4.78, 5) is 4.66. The molecule has 0 saturated heterocycles. The molecule has 0 saturated carbocycles. The van der Waals surface area contributed by atoms with E-state index >= 15 is 0 Å². The van der Waals surface area contributed by atoms with Gasteiger partial charge < -0.3 is 9.80 Å². The predicted octanol–water partition coefficient (Wildman–Crippen LogP) is 12.9. The van der Waals surface area contributed by atoms with Gasteiger partial charge >= 0.3 is 5.51 Å². The number of halogens is 3. The summed E-state index contributed by atoms with van der Waals surface area (Å²) in [6.07, 6.45) is 0. The van der Waals surface area contributed by atoms with Crippen LogP contribution >= 0.6 is 11.8 Å². The summed E-state index contributed by atoms with van der Waals surface area (Å²) in [6.45, 7) is 17.1. The molecule has 2 aliphatic heterocycles. The Bertz CT molecular complexity index is 2560. The van der Waals surface area contributed by atoms with Crippen LogP contribution in [0.3, 0.4) is 0 Å². The van der Waals surface area contributed by atoms with Crippen molar-refractivity contribution in [3.8, 4) is 0 Å². The lowest BCUT2D eigenvalue weighted by molar-refractivity contribution is -0.0328. The average Bonchev–Trinajstić information content (AvgIpc) is 3.13. The molecular formula is C49H44BF3N2S. The molecule has 7 aromatic carbocycles. The molecule has 0 aromatic heterocycles. The molecule has 280 valence electrons. The molecule has 2 aliphatic rings. The van der Waals surface area contributed by atoms with Crippen LogP contribution in [0.15, 0.2) is 126 Å². The summed E-state index contributed by atoms with van der Waals surface area (Å²) in [6, 6.07) is 42.6. The first kappa shape index (κ1) is 36.5. The highest BCUT2D eigenvalue weighted by atomic mass is 32.2. The highest BCUT2D eigenvalue weighted by Crippen LogP contribution is 2.51. The highest BCUT2D eigenvalue weighted by Gasteiger charge is 2.45. The molecule has 0 atom stereocenters. The molecule has 0 aliphatic carbocycles. The van der Waals surface area contributed by atoms with E-state index in [0.717, 1.165) is 94.3 Å². The fourth-order valence-electron chi connectivity index (χ4n) is 8.77. The fraction of sp³-hybridized carbons (Fsp3) is 0.224. The maximum Gasteiger partial charge on any atom is 0.446 e. The van der Waals surface area contributed by atoms with Crippen molar-refractivity contribution >= 4 is 90.5 Å². The number of alkyl halides is 3. The van der Waals surface area contributed by atoms with Gasteiger partial charge in [0.25, 0.3) is 6.71 Å². The van der Waals surface area contributed by atoms with E-state index < -0.39 is 5.51 Å². The van der Waals surface area contributed by atoms with Crippen LogP contribution in [0.2, 0.25) is 0 Å². The van der Waals surface area contributed by atoms with Crippen LogP contribution in [0, 0.1) is 13.8 Å². The summed E-state index contributed by atoms with van der Waals surface area (Å²) in [5.41, 5.74) is 8.41. The van der Waals surface area contributed by atoms with E-state index in [1.807, 2.05) is 0 Å². The van der Waals surface area contributed by atoms with Crippen LogP contribution in [0.1, 0.15) is 63.8 Å². The first-order chi connectivity index (χ1) is 26.5. The van der Waals surface area contributed by atoms with Gasteiger partial charge in [-0.2, -0.15) is 13.2 Å². The first-order valence-corrected chi connectivity index (χ1v) is 20.1. The molecule has 0 N–H and O–H groups in total. The van der Waals surface area contributed by atoms with E-state index in [2.05, 4.69) is 174 Å². The molecule has 2 nitrogen and oxygen atoms in total. The SMILES string of the molecule is Cc1ccc2ccc3c(c2c1)N(c1cccc(C(C)(C)C)c1)c1cc(SC(F)(F)F)cc2c1B3c1ccc3ccc(C)cc3c1N2c1cccc(C(C)(C)C)c1. The van der Waals surface area contributed by atoms with Gasteiger partial charge in [0.15, 0.2) is 0 Å². The molecule has 7 aromatic rings. The third-order valence-electron chi connectivity index (χ3n) is 11.5. The monoisotopic (exact) mass is 760 g/mol. The Labute approximate surface area is 332 Å². The topological polar surface area (TPSA) is 6.48 Å². The van der Waals surface area contributed by atoms with E-state index in [1.54, 1.807) is 12.1 Å². The number of thioether (sulfide) groups is 1. The van der Waals surface area contributed by atoms with Gasteiger partial charge in [-0.25, -0.2) is 0 Å². The Kier molecular flexibility index (Phi) is 8.27. The van der Waals surface area contributed by atoms with Gasteiger partial charge in [0, 0.05) is 49.8 Å². The molecule has 9 rings (SSSR count). The molecule has 0 bridgehead atoms. The van der Waals surface area contributed by atoms with E-state index in [0.29, 0.717) is 0 Å². The smallest absolute Gasteiger partial charge is 0.311 e. The number of hydrogen-bond acceptors (Lipinski definition) is 3. The first-order valence-electron chi connectivity index (χ1n) is 19.3. The van der Waals surface area contributed by atoms with E-state index in [4.69, 9.17) is 0 Å². The van der Waals surface area contributed by atoms with Crippen molar-refractivity contribution < 1.29 is 13.2 Å². The van der Waals surface area contributed by atoms with Crippen molar-refractivity contribution in [1.29, 1.82) is 0 Å². The third kappa shape index (κ3) is 6.06. The van der Waals surface area contributed by atoms with Crippen LogP contribution in [0.5, 0.6) is 0 Å². The van der Waals surface area contributed by atoms with Crippen molar-refractivity contribution in [1.82, 2.24) is 0 Å². The maximum atomic E-state index is 14.6. The zero-order valence-electron chi connectivity index (χ0n) is 33.1. The number of rotatable bonds is 3. The van der Waals surface area contributed by atoms with Gasteiger partial charge in [0.1, 0.15) is 0 Å². The highest BCUT2D eigenvalue weighted by molar-refractivity contribution is 8.00. The van der Waals surface area contributed by atoms with Crippen molar-refractivity contribution in [2.45, 2.75) is 76.6 Å². The molecule has 0 amide bonds. The second kappa shape index (κ2) is 12.7. The number of aryl methyl sites for hydroxylation is 2. The van der Waals surface area contributed by atoms with Crippen molar-refractivity contribution in [2.24, 2.45) is 0 Å². The molecule has 0 fully saturated rings. The summed E-state index contributed by atoms with van der Waals surface area (Å²) >= 11 is -0.0409. The second-order valence-corrected chi connectivity index (χ2v) is 18.7. The average molecular weight is 761 g/mol. The third-order valence-corrected chi connectivity index (χ3v) is 12.2.